The number of fused-ring (bicyclic) bond motifs is 3. The van der Waals surface area contributed by atoms with Crippen molar-refractivity contribution < 1.29 is 0 Å². The number of para-hydroxylation sites is 2. The average Bonchev–Trinajstić information content (AvgIpc) is 3.26. The van der Waals surface area contributed by atoms with Crippen LogP contribution in [0.25, 0.3) is 22.6 Å². The van der Waals surface area contributed by atoms with Crippen molar-refractivity contribution in [2.75, 3.05) is 5.73 Å². The second kappa shape index (κ2) is 6.98. The van der Waals surface area contributed by atoms with Crippen LogP contribution in [0.5, 0.6) is 0 Å². The zero-order valence-corrected chi connectivity index (χ0v) is 18.5. The molecule has 0 fully saturated rings. The standard InChI is InChI=1S/C24H24N6O2/c1-14-8-7-9-17(12-14)13-28-22(31)20-21(27(4)24(28)32)26-23-29(15(2)16(3)30(20)23)19-11-6-5-10-18(19)25/h5-12H,13,25H2,1-4H3. The topological polar surface area (TPSA) is 92.2 Å². The number of nitrogens with zero attached hydrogens (tertiary/aromatic N) is 5. The first-order chi connectivity index (χ1) is 15.3. The van der Waals surface area contributed by atoms with Crippen LogP contribution in [0.2, 0.25) is 0 Å². The molecule has 0 saturated carbocycles. The van der Waals surface area contributed by atoms with E-state index in [2.05, 4.69) is 0 Å². The summed E-state index contributed by atoms with van der Waals surface area (Å²) in [6.45, 7) is 6.09. The Morgan fingerprint density at radius 1 is 0.969 bits per heavy atom. The van der Waals surface area contributed by atoms with E-state index in [1.807, 2.05) is 78.3 Å². The first-order valence-electron chi connectivity index (χ1n) is 10.4. The summed E-state index contributed by atoms with van der Waals surface area (Å²) in [6.07, 6.45) is 0. The maximum absolute atomic E-state index is 13.6. The molecule has 0 aliphatic rings. The molecule has 0 radical (unpaired) electrons. The third-order valence-corrected chi connectivity index (χ3v) is 6.12. The second-order valence-corrected chi connectivity index (χ2v) is 8.21. The monoisotopic (exact) mass is 428 g/mol. The van der Waals surface area contributed by atoms with Gasteiger partial charge in [0, 0.05) is 18.4 Å². The van der Waals surface area contributed by atoms with Gasteiger partial charge in [-0.05, 0) is 38.5 Å². The number of aromatic nitrogens is 5. The zero-order chi connectivity index (χ0) is 22.7. The van der Waals surface area contributed by atoms with Gasteiger partial charge < -0.3 is 5.73 Å². The molecule has 0 bridgehead atoms. The number of anilines is 1. The Bertz CT molecular complexity index is 1650. The molecule has 0 unspecified atom stereocenters. The van der Waals surface area contributed by atoms with Crippen molar-refractivity contribution in [3.05, 3.63) is 91.9 Å². The highest BCUT2D eigenvalue weighted by Crippen LogP contribution is 2.27. The van der Waals surface area contributed by atoms with Gasteiger partial charge in [0.1, 0.15) is 0 Å². The van der Waals surface area contributed by atoms with E-state index in [1.165, 1.54) is 9.13 Å². The summed E-state index contributed by atoms with van der Waals surface area (Å²) in [4.78, 5) is 31.4. The van der Waals surface area contributed by atoms with Gasteiger partial charge in [-0.2, -0.15) is 4.98 Å². The normalized spacial score (nSPS) is 11.6. The van der Waals surface area contributed by atoms with E-state index in [1.54, 1.807) is 7.05 Å². The first kappa shape index (κ1) is 19.9. The summed E-state index contributed by atoms with van der Waals surface area (Å²) in [5.41, 5.74) is 11.3. The van der Waals surface area contributed by atoms with Gasteiger partial charge in [0.15, 0.2) is 11.2 Å². The molecule has 2 N–H and O–H groups in total. The molecule has 0 amide bonds. The van der Waals surface area contributed by atoms with E-state index >= 15 is 0 Å². The van der Waals surface area contributed by atoms with Crippen molar-refractivity contribution in [1.82, 2.24) is 23.1 Å². The average molecular weight is 428 g/mol. The van der Waals surface area contributed by atoms with E-state index in [4.69, 9.17) is 10.7 Å². The third-order valence-electron chi connectivity index (χ3n) is 6.12. The van der Waals surface area contributed by atoms with Crippen molar-refractivity contribution >= 4 is 22.6 Å². The highest BCUT2D eigenvalue weighted by atomic mass is 16.2. The summed E-state index contributed by atoms with van der Waals surface area (Å²) in [5.74, 6) is 0.549. The molecule has 5 aromatic rings. The Morgan fingerprint density at radius 3 is 2.44 bits per heavy atom. The van der Waals surface area contributed by atoms with Crippen LogP contribution in [0.15, 0.2) is 58.1 Å². The lowest BCUT2D eigenvalue weighted by molar-refractivity contribution is 0.656. The smallest absolute Gasteiger partial charge is 0.332 e. The molecule has 2 aromatic carbocycles. The zero-order valence-electron chi connectivity index (χ0n) is 18.5. The maximum atomic E-state index is 13.6. The number of nitrogen functional groups attached to an aromatic ring is 1. The lowest BCUT2D eigenvalue weighted by Crippen LogP contribution is -2.39. The van der Waals surface area contributed by atoms with Crippen molar-refractivity contribution in [3.8, 4) is 5.69 Å². The molecule has 8 nitrogen and oxygen atoms in total. The fourth-order valence-corrected chi connectivity index (χ4v) is 4.36. The van der Waals surface area contributed by atoms with E-state index in [0.29, 0.717) is 22.6 Å². The minimum atomic E-state index is -0.398. The van der Waals surface area contributed by atoms with Crippen LogP contribution < -0.4 is 17.0 Å². The number of rotatable bonds is 3. The van der Waals surface area contributed by atoms with Crippen molar-refractivity contribution in [2.24, 2.45) is 7.05 Å². The predicted octanol–water partition coefficient (Wildman–Crippen LogP) is 2.69. The number of benzene rings is 2. The molecular weight excluding hydrogens is 404 g/mol. The highest BCUT2D eigenvalue weighted by molar-refractivity contribution is 5.78. The van der Waals surface area contributed by atoms with Crippen LogP contribution >= 0.6 is 0 Å². The molecule has 0 spiro atoms. The summed E-state index contributed by atoms with van der Waals surface area (Å²) >= 11 is 0. The van der Waals surface area contributed by atoms with Gasteiger partial charge >= 0.3 is 5.69 Å². The lowest BCUT2D eigenvalue weighted by Gasteiger charge is -2.10. The summed E-state index contributed by atoms with van der Waals surface area (Å²) in [7, 11) is 1.65. The van der Waals surface area contributed by atoms with Crippen LogP contribution in [0.1, 0.15) is 22.5 Å². The van der Waals surface area contributed by atoms with Crippen molar-refractivity contribution in [2.45, 2.75) is 27.3 Å². The van der Waals surface area contributed by atoms with Crippen LogP contribution in [-0.2, 0) is 13.6 Å². The highest BCUT2D eigenvalue weighted by Gasteiger charge is 2.23. The van der Waals surface area contributed by atoms with Gasteiger partial charge in [0.2, 0.25) is 5.78 Å². The first-order valence-corrected chi connectivity index (χ1v) is 10.4. The van der Waals surface area contributed by atoms with Crippen molar-refractivity contribution in [3.63, 3.8) is 0 Å². The minimum absolute atomic E-state index is 0.195. The number of hydrogen-bond donors (Lipinski definition) is 1. The number of imidazole rings is 2. The Balaban J connectivity index is 1.86. The quantitative estimate of drug-likeness (QED) is 0.447. The maximum Gasteiger partial charge on any atom is 0.332 e. The van der Waals surface area contributed by atoms with Crippen LogP contribution in [0.4, 0.5) is 5.69 Å². The Kier molecular flexibility index (Phi) is 4.33. The lowest BCUT2D eigenvalue weighted by atomic mass is 10.1. The second-order valence-electron chi connectivity index (χ2n) is 8.21. The third kappa shape index (κ3) is 2.72. The van der Waals surface area contributed by atoms with Crippen molar-refractivity contribution in [1.29, 1.82) is 0 Å². The van der Waals surface area contributed by atoms with Gasteiger partial charge in [-0.3, -0.25) is 22.9 Å². The molecule has 0 atom stereocenters. The molecular formula is C24H24N6O2. The molecule has 32 heavy (non-hydrogen) atoms. The van der Waals surface area contributed by atoms with Gasteiger partial charge in [-0.15, -0.1) is 0 Å². The summed E-state index contributed by atoms with van der Waals surface area (Å²) in [5, 5.41) is 0. The Morgan fingerprint density at radius 2 is 1.72 bits per heavy atom. The number of nitrogens with two attached hydrogens (primary N) is 1. The van der Waals surface area contributed by atoms with Crippen LogP contribution in [-0.4, -0.2) is 23.1 Å². The molecule has 0 aliphatic carbocycles. The Labute approximate surface area is 183 Å². The molecule has 3 aromatic heterocycles. The summed E-state index contributed by atoms with van der Waals surface area (Å²) in [6, 6.07) is 15.3. The number of hydrogen-bond acceptors (Lipinski definition) is 4. The van der Waals surface area contributed by atoms with E-state index < -0.39 is 5.69 Å². The SMILES string of the molecule is Cc1cccc(Cn2c(=O)c3c(nc4n(-c5ccccc5N)c(C)c(C)n34)n(C)c2=O)c1. The van der Waals surface area contributed by atoms with E-state index in [0.717, 1.165) is 28.2 Å². The largest absolute Gasteiger partial charge is 0.397 e. The van der Waals surface area contributed by atoms with Gasteiger partial charge in [0.25, 0.3) is 5.56 Å². The van der Waals surface area contributed by atoms with Crippen LogP contribution in [0.3, 0.4) is 0 Å². The predicted molar refractivity (Wildman–Crippen MR) is 126 cm³/mol. The van der Waals surface area contributed by atoms with Crippen LogP contribution in [0, 0.1) is 20.8 Å². The van der Waals surface area contributed by atoms with E-state index in [-0.39, 0.29) is 12.1 Å². The summed E-state index contributed by atoms with van der Waals surface area (Å²) < 4.78 is 6.46. The molecule has 0 saturated heterocycles. The minimum Gasteiger partial charge on any atom is -0.397 e. The Hall–Kier alpha value is -4.07. The molecule has 0 aliphatic heterocycles. The van der Waals surface area contributed by atoms with E-state index in [9.17, 15) is 9.59 Å². The molecule has 3 heterocycles. The fourth-order valence-electron chi connectivity index (χ4n) is 4.36. The molecule has 162 valence electrons. The fraction of sp³-hybridized carbons (Fsp3) is 0.208. The van der Waals surface area contributed by atoms with Gasteiger partial charge in [-0.1, -0.05) is 42.0 Å². The molecule has 5 rings (SSSR count). The van der Waals surface area contributed by atoms with Gasteiger partial charge in [0.05, 0.1) is 17.9 Å². The van der Waals surface area contributed by atoms with Gasteiger partial charge in [-0.25, -0.2) is 4.79 Å². The molecule has 8 heteroatoms. The number of aryl methyl sites for hydroxylation is 3.